The van der Waals surface area contributed by atoms with Crippen molar-refractivity contribution in [2.24, 2.45) is 9.98 Å². The molecule has 0 fully saturated rings. The van der Waals surface area contributed by atoms with Crippen molar-refractivity contribution >= 4 is 46.3 Å². The standard InChI is InChI=1S/C17H17BrClN3O/c1-20-9-16(11-3-2-4-13(19)7-11)22-10-21-15-8-12(18)5-6-14(15)17(22)23/h2-6,8,10,13,16-17,23H,1,7,9H2. The topological polar surface area (TPSA) is 48.2 Å². The molecule has 4 nitrogen and oxygen atoms in total. The fourth-order valence-electron chi connectivity index (χ4n) is 2.88. The van der Waals surface area contributed by atoms with Gasteiger partial charge >= 0.3 is 0 Å². The molecule has 0 radical (unpaired) electrons. The first-order valence-corrected chi connectivity index (χ1v) is 8.56. The van der Waals surface area contributed by atoms with Crippen LogP contribution in [0.2, 0.25) is 0 Å². The highest BCUT2D eigenvalue weighted by Crippen LogP contribution is 2.36. The van der Waals surface area contributed by atoms with Gasteiger partial charge in [0.05, 0.1) is 30.0 Å². The molecule has 1 aliphatic heterocycles. The highest BCUT2D eigenvalue weighted by Gasteiger charge is 2.31. The maximum absolute atomic E-state index is 10.8. The molecule has 3 atom stereocenters. The average molecular weight is 395 g/mol. The van der Waals surface area contributed by atoms with E-state index in [4.69, 9.17) is 11.6 Å². The molecule has 0 amide bonds. The quantitative estimate of drug-likeness (QED) is 0.620. The third kappa shape index (κ3) is 3.42. The van der Waals surface area contributed by atoms with Crippen LogP contribution in [0.1, 0.15) is 18.2 Å². The SMILES string of the molecule is C=NCC(C1=CC=CC(Cl)C1)N1C=Nc2cc(Br)ccc2C1O. The molecule has 23 heavy (non-hydrogen) atoms. The van der Waals surface area contributed by atoms with Crippen molar-refractivity contribution < 1.29 is 5.11 Å². The summed E-state index contributed by atoms with van der Waals surface area (Å²) in [6.07, 6.45) is 7.57. The molecule has 3 rings (SSSR count). The Kier molecular flexibility index (Phi) is 4.99. The summed E-state index contributed by atoms with van der Waals surface area (Å²) < 4.78 is 0.934. The van der Waals surface area contributed by atoms with E-state index >= 15 is 0 Å². The van der Waals surface area contributed by atoms with Gasteiger partial charge in [-0.15, -0.1) is 11.6 Å². The van der Waals surface area contributed by atoms with Crippen LogP contribution < -0.4 is 0 Å². The number of aliphatic hydroxyl groups is 1. The fourth-order valence-corrected chi connectivity index (χ4v) is 3.50. The summed E-state index contributed by atoms with van der Waals surface area (Å²) >= 11 is 9.66. The molecule has 0 saturated carbocycles. The third-order valence-electron chi connectivity index (χ3n) is 4.03. The normalized spacial score (nSPS) is 24.1. The van der Waals surface area contributed by atoms with Crippen molar-refractivity contribution in [1.82, 2.24) is 4.90 Å². The first kappa shape index (κ1) is 16.4. The van der Waals surface area contributed by atoms with E-state index in [9.17, 15) is 5.11 Å². The van der Waals surface area contributed by atoms with E-state index in [1.54, 1.807) is 6.34 Å². The number of halogens is 2. The molecule has 1 aliphatic carbocycles. The molecule has 1 N–H and O–H groups in total. The van der Waals surface area contributed by atoms with E-state index in [2.05, 4.69) is 32.6 Å². The Hall–Kier alpha value is -1.43. The molecule has 1 heterocycles. The lowest BCUT2D eigenvalue weighted by atomic mass is 9.95. The van der Waals surface area contributed by atoms with E-state index in [0.29, 0.717) is 6.54 Å². The van der Waals surface area contributed by atoms with Crippen LogP contribution in [0.15, 0.2) is 56.5 Å². The Bertz CT molecular complexity index is 701. The Morgan fingerprint density at radius 3 is 3.09 bits per heavy atom. The average Bonchev–Trinajstić information content (AvgIpc) is 2.53. The highest BCUT2D eigenvalue weighted by molar-refractivity contribution is 9.10. The summed E-state index contributed by atoms with van der Waals surface area (Å²) in [5.74, 6) is 0. The third-order valence-corrected chi connectivity index (χ3v) is 4.83. The largest absolute Gasteiger partial charge is 0.369 e. The van der Waals surface area contributed by atoms with Crippen LogP contribution in [0.25, 0.3) is 0 Å². The Morgan fingerprint density at radius 2 is 2.35 bits per heavy atom. The van der Waals surface area contributed by atoms with Crippen LogP contribution in [0.5, 0.6) is 0 Å². The number of allylic oxidation sites excluding steroid dienone is 3. The van der Waals surface area contributed by atoms with Crippen LogP contribution >= 0.6 is 27.5 Å². The molecule has 0 spiro atoms. The second kappa shape index (κ2) is 6.99. The van der Waals surface area contributed by atoms with Crippen molar-refractivity contribution in [3.63, 3.8) is 0 Å². The van der Waals surface area contributed by atoms with Crippen molar-refractivity contribution in [3.05, 3.63) is 52.0 Å². The van der Waals surface area contributed by atoms with Gasteiger partial charge in [0, 0.05) is 10.0 Å². The van der Waals surface area contributed by atoms with Crippen LogP contribution in [-0.4, -0.2) is 41.0 Å². The minimum absolute atomic E-state index is 0.0376. The summed E-state index contributed by atoms with van der Waals surface area (Å²) in [7, 11) is 0. The number of alkyl halides is 1. The predicted molar refractivity (Wildman–Crippen MR) is 98.8 cm³/mol. The Morgan fingerprint density at radius 1 is 1.52 bits per heavy atom. The lowest BCUT2D eigenvalue weighted by Gasteiger charge is -2.38. The molecular formula is C17H17BrClN3O. The zero-order valence-corrected chi connectivity index (χ0v) is 14.8. The van der Waals surface area contributed by atoms with Crippen LogP contribution in [0.3, 0.4) is 0 Å². The summed E-state index contributed by atoms with van der Waals surface area (Å²) in [6.45, 7) is 4.07. The minimum atomic E-state index is -0.775. The van der Waals surface area contributed by atoms with Crippen molar-refractivity contribution in [3.8, 4) is 0 Å². The maximum Gasteiger partial charge on any atom is 0.156 e. The second-order valence-corrected chi connectivity index (χ2v) is 7.01. The van der Waals surface area contributed by atoms with Gasteiger partial charge in [-0.25, -0.2) is 4.99 Å². The number of rotatable bonds is 4. The fraction of sp³-hybridized carbons (Fsp3) is 0.294. The first-order chi connectivity index (χ1) is 11.1. The molecule has 3 unspecified atom stereocenters. The van der Waals surface area contributed by atoms with E-state index in [1.807, 2.05) is 41.3 Å². The molecule has 0 saturated heterocycles. The molecular weight excluding hydrogens is 378 g/mol. The first-order valence-electron chi connectivity index (χ1n) is 7.33. The van der Waals surface area contributed by atoms with Crippen LogP contribution in [0, 0.1) is 0 Å². The van der Waals surface area contributed by atoms with Gasteiger partial charge in [-0.3, -0.25) is 4.99 Å². The smallest absolute Gasteiger partial charge is 0.156 e. The molecule has 0 aromatic heterocycles. The second-order valence-electron chi connectivity index (χ2n) is 5.54. The molecule has 2 aliphatic rings. The van der Waals surface area contributed by atoms with Gasteiger partial charge in [0.1, 0.15) is 0 Å². The van der Waals surface area contributed by atoms with Crippen LogP contribution in [-0.2, 0) is 0 Å². The van der Waals surface area contributed by atoms with E-state index in [0.717, 1.165) is 27.7 Å². The maximum atomic E-state index is 10.8. The van der Waals surface area contributed by atoms with Crippen LogP contribution in [0.4, 0.5) is 5.69 Å². The van der Waals surface area contributed by atoms with Gasteiger partial charge in [-0.1, -0.05) is 40.2 Å². The molecule has 0 bridgehead atoms. The number of fused-ring (bicyclic) bond motifs is 1. The summed E-state index contributed by atoms with van der Waals surface area (Å²) in [6, 6.07) is 5.56. The van der Waals surface area contributed by atoms with E-state index in [1.165, 1.54) is 0 Å². The summed E-state index contributed by atoms with van der Waals surface area (Å²) in [5, 5.41) is 10.7. The zero-order valence-electron chi connectivity index (χ0n) is 12.4. The summed E-state index contributed by atoms with van der Waals surface area (Å²) in [5.41, 5.74) is 2.66. The Labute approximate surface area is 149 Å². The molecule has 6 heteroatoms. The molecule has 1 aromatic carbocycles. The number of benzene rings is 1. The van der Waals surface area contributed by atoms with Gasteiger partial charge in [0.25, 0.3) is 0 Å². The number of hydrogen-bond donors (Lipinski definition) is 1. The van der Waals surface area contributed by atoms with Gasteiger partial charge < -0.3 is 10.0 Å². The van der Waals surface area contributed by atoms with Crippen molar-refractivity contribution in [2.75, 3.05) is 6.54 Å². The van der Waals surface area contributed by atoms with Gasteiger partial charge in [-0.05, 0) is 30.8 Å². The lowest BCUT2D eigenvalue weighted by molar-refractivity contribution is 0.0376. The minimum Gasteiger partial charge on any atom is -0.369 e. The molecule has 1 aromatic rings. The number of nitrogens with zero attached hydrogens (tertiary/aromatic N) is 3. The lowest BCUT2D eigenvalue weighted by Crippen LogP contribution is -2.42. The zero-order chi connectivity index (χ0) is 16.4. The molecule has 120 valence electrons. The van der Waals surface area contributed by atoms with E-state index < -0.39 is 6.23 Å². The van der Waals surface area contributed by atoms with Gasteiger partial charge in [0.2, 0.25) is 0 Å². The summed E-state index contributed by atoms with van der Waals surface area (Å²) in [4.78, 5) is 10.3. The monoisotopic (exact) mass is 393 g/mol. The number of hydrogen-bond acceptors (Lipinski definition) is 4. The van der Waals surface area contributed by atoms with Gasteiger partial charge in [-0.2, -0.15) is 0 Å². The predicted octanol–water partition coefficient (Wildman–Crippen LogP) is 3.98. The number of aliphatic hydroxyl groups excluding tert-OH is 1. The highest BCUT2D eigenvalue weighted by atomic mass is 79.9. The number of aliphatic imine (C=N–C) groups is 2. The van der Waals surface area contributed by atoms with Crippen molar-refractivity contribution in [2.45, 2.75) is 24.1 Å². The van der Waals surface area contributed by atoms with E-state index in [-0.39, 0.29) is 11.4 Å². The Balaban J connectivity index is 1.93. The van der Waals surface area contributed by atoms with Gasteiger partial charge in [0.15, 0.2) is 6.23 Å². The van der Waals surface area contributed by atoms with Crippen molar-refractivity contribution in [1.29, 1.82) is 0 Å².